The van der Waals surface area contributed by atoms with Crippen LogP contribution in [0.5, 0.6) is 0 Å². The number of nitrogens with zero attached hydrogens (tertiary/aromatic N) is 2. The first-order chi connectivity index (χ1) is 12.2. The van der Waals surface area contributed by atoms with Gasteiger partial charge in [0.15, 0.2) is 5.78 Å². The highest BCUT2D eigenvalue weighted by molar-refractivity contribution is 6.33. The average molecular weight is 372 g/mol. The number of Topliss-reactive ketones (excluding diaryl/α,β-unsaturated/α-hetero) is 1. The number of aromatic nitrogens is 1. The quantitative estimate of drug-likeness (QED) is 0.646. The molecule has 1 aromatic heterocycles. The van der Waals surface area contributed by atoms with Gasteiger partial charge < -0.3 is 5.32 Å². The summed E-state index contributed by atoms with van der Waals surface area (Å²) >= 11 is 6.07. The molecule has 3 amide bonds. The minimum atomic E-state index is -1.13. The number of hydrogen-bond acceptors (Lipinski definition) is 4. The lowest BCUT2D eigenvalue weighted by Crippen LogP contribution is -2.50. The predicted molar refractivity (Wildman–Crippen MR) is 98.5 cm³/mol. The molecule has 0 aliphatic carbocycles. The Morgan fingerprint density at radius 3 is 2.58 bits per heavy atom. The zero-order chi connectivity index (χ0) is 19.1. The van der Waals surface area contributed by atoms with E-state index in [0.717, 1.165) is 4.90 Å². The van der Waals surface area contributed by atoms with Crippen LogP contribution in [0.15, 0.2) is 42.7 Å². The second-order valence-electron chi connectivity index (χ2n) is 7.10. The van der Waals surface area contributed by atoms with Crippen molar-refractivity contribution in [2.24, 2.45) is 0 Å². The van der Waals surface area contributed by atoms with E-state index >= 15 is 0 Å². The van der Waals surface area contributed by atoms with Crippen molar-refractivity contribution in [3.8, 4) is 0 Å². The Morgan fingerprint density at radius 1 is 1.23 bits per heavy atom. The highest BCUT2D eigenvalue weighted by Gasteiger charge is 2.45. The van der Waals surface area contributed by atoms with Gasteiger partial charge in [0.25, 0.3) is 5.91 Å². The number of ketones is 1. The van der Waals surface area contributed by atoms with Crippen molar-refractivity contribution in [3.05, 3.63) is 58.9 Å². The Labute approximate surface area is 156 Å². The summed E-state index contributed by atoms with van der Waals surface area (Å²) < 4.78 is 0. The summed E-state index contributed by atoms with van der Waals surface area (Å²) in [7, 11) is 0. The number of pyridine rings is 1. The summed E-state index contributed by atoms with van der Waals surface area (Å²) in [6, 6.07) is 7.35. The minimum absolute atomic E-state index is 0.301. The maximum Gasteiger partial charge on any atom is 0.329 e. The van der Waals surface area contributed by atoms with E-state index in [4.69, 9.17) is 11.6 Å². The summed E-state index contributed by atoms with van der Waals surface area (Å²) in [5, 5.41) is 3.14. The maximum absolute atomic E-state index is 13.0. The highest BCUT2D eigenvalue weighted by Crippen LogP contribution is 2.40. The summed E-state index contributed by atoms with van der Waals surface area (Å²) in [5.74, 6) is -2.14. The molecule has 0 radical (unpaired) electrons. The van der Waals surface area contributed by atoms with Gasteiger partial charge in [0.05, 0.1) is 5.69 Å². The molecular formula is C19H18ClN3O3. The molecule has 0 bridgehead atoms. The molecule has 1 aliphatic heterocycles. The van der Waals surface area contributed by atoms with Gasteiger partial charge in [0, 0.05) is 28.5 Å². The van der Waals surface area contributed by atoms with Gasteiger partial charge in [-0.15, -0.1) is 0 Å². The summed E-state index contributed by atoms with van der Waals surface area (Å²) in [6.45, 7) is 5.44. The number of urea groups is 1. The van der Waals surface area contributed by atoms with Crippen LogP contribution in [0.25, 0.3) is 0 Å². The number of hydrogen-bond donors (Lipinski definition) is 1. The first kappa shape index (κ1) is 18.1. The second kappa shape index (κ2) is 6.53. The highest BCUT2D eigenvalue weighted by atomic mass is 35.5. The van der Waals surface area contributed by atoms with Crippen LogP contribution in [-0.4, -0.2) is 28.2 Å². The fraction of sp³-hybridized carbons (Fsp3) is 0.263. The van der Waals surface area contributed by atoms with E-state index in [-0.39, 0.29) is 0 Å². The van der Waals surface area contributed by atoms with E-state index in [9.17, 15) is 14.4 Å². The van der Waals surface area contributed by atoms with Crippen LogP contribution in [0, 0.1) is 0 Å². The van der Waals surface area contributed by atoms with Crippen molar-refractivity contribution < 1.29 is 14.4 Å². The van der Waals surface area contributed by atoms with Crippen molar-refractivity contribution in [1.29, 1.82) is 0 Å². The molecule has 134 valence electrons. The van der Waals surface area contributed by atoms with Gasteiger partial charge in [-0.25, -0.2) is 9.69 Å². The third-order valence-corrected chi connectivity index (χ3v) is 4.14. The van der Waals surface area contributed by atoms with Crippen LogP contribution in [-0.2, 0) is 4.79 Å². The Balaban J connectivity index is 2.05. The van der Waals surface area contributed by atoms with Crippen molar-refractivity contribution in [1.82, 2.24) is 10.3 Å². The van der Waals surface area contributed by atoms with Gasteiger partial charge in [-0.3, -0.25) is 14.6 Å². The topological polar surface area (TPSA) is 79.4 Å². The van der Waals surface area contributed by atoms with Gasteiger partial charge in [0.2, 0.25) is 0 Å². The molecule has 6 nitrogen and oxygen atoms in total. The fourth-order valence-corrected chi connectivity index (χ4v) is 3.04. The van der Waals surface area contributed by atoms with Crippen LogP contribution in [0.4, 0.5) is 10.5 Å². The molecule has 2 aromatic rings. The number of rotatable bonds is 2. The first-order valence-corrected chi connectivity index (χ1v) is 8.46. The molecule has 1 atom stereocenters. The van der Waals surface area contributed by atoms with Gasteiger partial charge in [0.1, 0.15) is 5.92 Å². The fourth-order valence-electron chi connectivity index (χ4n) is 2.86. The Hall–Kier alpha value is -2.73. The summed E-state index contributed by atoms with van der Waals surface area (Å²) in [4.78, 5) is 43.5. The third kappa shape index (κ3) is 3.32. The van der Waals surface area contributed by atoms with Crippen molar-refractivity contribution in [2.45, 2.75) is 32.2 Å². The van der Waals surface area contributed by atoms with Crippen LogP contribution >= 0.6 is 11.6 Å². The first-order valence-electron chi connectivity index (χ1n) is 8.09. The van der Waals surface area contributed by atoms with E-state index in [2.05, 4.69) is 10.3 Å². The summed E-state index contributed by atoms with van der Waals surface area (Å²) in [6.07, 6.45) is 2.94. The molecule has 0 fully saturated rings. The number of carbonyl (C=O) groups is 3. The van der Waals surface area contributed by atoms with Crippen LogP contribution in [0.1, 0.15) is 42.6 Å². The van der Waals surface area contributed by atoms with Crippen LogP contribution < -0.4 is 10.2 Å². The lowest BCUT2D eigenvalue weighted by Gasteiger charge is -2.25. The molecule has 1 N–H and O–H groups in total. The number of carbonyl (C=O) groups excluding carboxylic acids is 3. The Morgan fingerprint density at radius 2 is 1.96 bits per heavy atom. The van der Waals surface area contributed by atoms with E-state index < -0.39 is 29.2 Å². The van der Waals surface area contributed by atoms with E-state index in [1.165, 1.54) is 6.20 Å². The zero-order valence-electron chi connectivity index (χ0n) is 14.6. The molecule has 0 spiro atoms. The van der Waals surface area contributed by atoms with Crippen molar-refractivity contribution in [3.63, 3.8) is 0 Å². The molecular weight excluding hydrogens is 354 g/mol. The minimum Gasteiger partial charge on any atom is -0.333 e. The number of anilines is 1. The molecule has 3 rings (SSSR count). The van der Waals surface area contributed by atoms with Gasteiger partial charge in [-0.05, 0) is 56.7 Å². The lowest BCUT2D eigenvalue weighted by molar-refractivity contribution is -0.117. The predicted octanol–water partition coefficient (Wildman–Crippen LogP) is 3.56. The number of benzene rings is 1. The number of fused-ring (bicyclic) bond motifs is 1. The molecule has 26 heavy (non-hydrogen) atoms. The normalized spacial score (nSPS) is 16.4. The molecule has 1 unspecified atom stereocenters. The monoisotopic (exact) mass is 371 g/mol. The summed E-state index contributed by atoms with van der Waals surface area (Å²) in [5.41, 5.74) is 0.550. The van der Waals surface area contributed by atoms with Gasteiger partial charge >= 0.3 is 6.03 Å². The average Bonchev–Trinajstić information content (AvgIpc) is 2.84. The largest absolute Gasteiger partial charge is 0.333 e. The number of imide groups is 1. The number of nitrogens with one attached hydrogen (secondary N) is 1. The smallest absolute Gasteiger partial charge is 0.329 e. The van der Waals surface area contributed by atoms with E-state index in [1.807, 2.05) is 20.8 Å². The molecule has 0 saturated heterocycles. The molecule has 1 aromatic carbocycles. The molecule has 7 heteroatoms. The van der Waals surface area contributed by atoms with Gasteiger partial charge in [-0.2, -0.15) is 0 Å². The lowest BCUT2D eigenvalue weighted by atomic mass is 9.92. The standard InChI is InChI=1S/C19H18ClN3O3/c1-19(2,3)22-18(26)23-14-7-6-12(20)9-13(14)15(17(23)25)16(24)11-5-4-8-21-10-11/h4-10,15H,1-3H3,(H,22,26). The van der Waals surface area contributed by atoms with E-state index in [1.54, 1.807) is 36.5 Å². The van der Waals surface area contributed by atoms with E-state index in [0.29, 0.717) is 21.8 Å². The Kier molecular flexibility index (Phi) is 4.54. The number of halogens is 1. The van der Waals surface area contributed by atoms with Crippen LogP contribution in [0.2, 0.25) is 5.02 Å². The molecule has 1 aliphatic rings. The third-order valence-electron chi connectivity index (χ3n) is 3.90. The zero-order valence-corrected chi connectivity index (χ0v) is 15.4. The van der Waals surface area contributed by atoms with Crippen LogP contribution in [0.3, 0.4) is 0 Å². The second-order valence-corrected chi connectivity index (χ2v) is 7.53. The molecule has 0 saturated carbocycles. The van der Waals surface area contributed by atoms with Crippen molar-refractivity contribution >= 4 is 35.0 Å². The SMILES string of the molecule is CC(C)(C)NC(=O)N1C(=O)C(C(=O)c2cccnc2)c2cc(Cl)ccc21. The maximum atomic E-state index is 13.0. The molecule has 2 heterocycles. The number of amides is 3. The van der Waals surface area contributed by atoms with Crippen molar-refractivity contribution in [2.75, 3.05) is 4.90 Å². The van der Waals surface area contributed by atoms with Gasteiger partial charge in [-0.1, -0.05) is 11.6 Å². The Bertz CT molecular complexity index is 891.